The molecule has 0 amide bonds. The summed E-state index contributed by atoms with van der Waals surface area (Å²) < 4.78 is 5.26. The van der Waals surface area contributed by atoms with Crippen molar-refractivity contribution in [1.29, 1.82) is 0 Å². The summed E-state index contributed by atoms with van der Waals surface area (Å²) in [6.45, 7) is 4.81. The molecular formula is C14H29N3O. The summed E-state index contributed by atoms with van der Waals surface area (Å²) in [5.74, 6) is 1.00. The van der Waals surface area contributed by atoms with Crippen LogP contribution in [0.25, 0.3) is 0 Å². The van der Waals surface area contributed by atoms with Crippen LogP contribution in [0, 0.1) is 5.41 Å². The van der Waals surface area contributed by atoms with Crippen LogP contribution in [0.15, 0.2) is 4.99 Å². The fraction of sp³-hybridized carbons (Fsp3) is 0.929. The largest absolute Gasteiger partial charge is 0.385 e. The van der Waals surface area contributed by atoms with Crippen molar-refractivity contribution in [3.63, 3.8) is 0 Å². The number of nitrogens with one attached hydrogen (secondary N) is 1. The molecule has 0 unspecified atom stereocenters. The maximum absolute atomic E-state index is 5.26. The number of hydrogen-bond acceptors (Lipinski definition) is 2. The number of hydrogen-bond donors (Lipinski definition) is 1. The van der Waals surface area contributed by atoms with Crippen LogP contribution < -0.4 is 5.32 Å². The molecule has 0 aromatic carbocycles. The minimum Gasteiger partial charge on any atom is -0.385 e. The van der Waals surface area contributed by atoms with Gasteiger partial charge < -0.3 is 15.0 Å². The zero-order valence-corrected chi connectivity index (χ0v) is 12.5. The Kier molecular flexibility index (Phi) is 6.47. The van der Waals surface area contributed by atoms with Crippen LogP contribution in [0.2, 0.25) is 0 Å². The van der Waals surface area contributed by atoms with E-state index in [1.807, 2.05) is 14.1 Å². The Hall–Kier alpha value is -0.770. The normalized spacial score (nSPS) is 19.0. The van der Waals surface area contributed by atoms with Crippen LogP contribution in [0.4, 0.5) is 0 Å². The molecule has 1 rings (SSSR count). The van der Waals surface area contributed by atoms with E-state index < -0.39 is 0 Å². The van der Waals surface area contributed by atoms with Gasteiger partial charge in [-0.05, 0) is 31.6 Å². The molecule has 0 aromatic heterocycles. The predicted octanol–water partition coefficient (Wildman–Crippen LogP) is 2.11. The number of guanidine groups is 1. The van der Waals surface area contributed by atoms with Crippen molar-refractivity contribution in [3.05, 3.63) is 0 Å². The molecule has 0 spiro atoms. The highest BCUT2D eigenvalue weighted by atomic mass is 16.5. The van der Waals surface area contributed by atoms with Gasteiger partial charge in [0.15, 0.2) is 5.96 Å². The molecule has 1 aliphatic carbocycles. The van der Waals surface area contributed by atoms with Gasteiger partial charge in [0.25, 0.3) is 0 Å². The van der Waals surface area contributed by atoms with E-state index in [0.29, 0.717) is 5.41 Å². The summed E-state index contributed by atoms with van der Waals surface area (Å²) in [6, 6.07) is 0. The van der Waals surface area contributed by atoms with E-state index in [0.717, 1.165) is 32.1 Å². The van der Waals surface area contributed by atoms with Gasteiger partial charge in [-0.1, -0.05) is 12.8 Å². The fourth-order valence-electron chi connectivity index (χ4n) is 2.69. The highest BCUT2D eigenvalue weighted by Gasteiger charge is 2.33. The SMILES string of the molecule is CCNC(=NCC1(CCOC)CCCC1)N(C)C. The van der Waals surface area contributed by atoms with Crippen LogP contribution in [-0.4, -0.2) is 51.8 Å². The lowest BCUT2D eigenvalue weighted by Gasteiger charge is -2.28. The molecular weight excluding hydrogens is 226 g/mol. The lowest BCUT2D eigenvalue weighted by Crippen LogP contribution is -2.37. The van der Waals surface area contributed by atoms with E-state index in [1.54, 1.807) is 7.11 Å². The van der Waals surface area contributed by atoms with Crippen LogP contribution in [0.5, 0.6) is 0 Å². The summed E-state index contributed by atoms with van der Waals surface area (Å²) in [5, 5.41) is 3.32. The first-order valence-electron chi connectivity index (χ1n) is 7.08. The molecule has 0 bridgehead atoms. The Morgan fingerprint density at radius 2 is 2.00 bits per heavy atom. The van der Waals surface area contributed by atoms with Gasteiger partial charge in [-0.25, -0.2) is 0 Å². The average Bonchev–Trinajstić information content (AvgIpc) is 2.81. The van der Waals surface area contributed by atoms with Gasteiger partial charge in [0.05, 0.1) is 0 Å². The molecule has 4 heteroatoms. The minimum absolute atomic E-state index is 0.382. The van der Waals surface area contributed by atoms with Crippen molar-refractivity contribution >= 4 is 5.96 Å². The van der Waals surface area contributed by atoms with E-state index in [1.165, 1.54) is 25.7 Å². The number of nitrogens with zero attached hydrogens (tertiary/aromatic N) is 2. The third kappa shape index (κ3) is 4.48. The maximum atomic E-state index is 5.26. The molecule has 0 saturated heterocycles. The topological polar surface area (TPSA) is 36.9 Å². The third-order valence-electron chi connectivity index (χ3n) is 3.82. The standard InChI is InChI=1S/C14H29N3O/c1-5-15-13(17(2)3)16-12-14(10-11-18-4)8-6-7-9-14/h5-12H2,1-4H3,(H,15,16). The summed E-state index contributed by atoms with van der Waals surface area (Å²) in [7, 11) is 5.87. The molecule has 0 atom stereocenters. The van der Waals surface area contributed by atoms with Crippen LogP contribution >= 0.6 is 0 Å². The maximum Gasteiger partial charge on any atom is 0.193 e. The summed E-state index contributed by atoms with van der Waals surface area (Å²) in [4.78, 5) is 6.85. The Bertz CT molecular complexity index is 258. The monoisotopic (exact) mass is 255 g/mol. The van der Waals surface area contributed by atoms with Crippen molar-refractivity contribution < 1.29 is 4.74 Å². The smallest absolute Gasteiger partial charge is 0.193 e. The molecule has 106 valence electrons. The predicted molar refractivity (Wildman–Crippen MR) is 77.1 cm³/mol. The van der Waals surface area contributed by atoms with Crippen molar-refractivity contribution in [1.82, 2.24) is 10.2 Å². The Morgan fingerprint density at radius 3 is 2.50 bits per heavy atom. The van der Waals surface area contributed by atoms with Gasteiger partial charge in [-0.2, -0.15) is 0 Å². The highest BCUT2D eigenvalue weighted by molar-refractivity contribution is 5.79. The molecule has 1 saturated carbocycles. The van der Waals surface area contributed by atoms with Crippen molar-refractivity contribution in [2.45, 2.75) is 39.0 Å². The van der Waals surface area contributed by atoms with Crippen LogP contribution in [0.3, 0.4) is 0 Å². The Balaban J connectivity index is 2.62. The molecule has 0 aromatic rings. The van der Waals surface area contributed by atoms with Crippen LogP contribution in [-0.2, 0) is 4.74 Å². The average molecular weight is 255 g/mol. The number of aliphatic imine (C=N–C) groups is 1. The van der Waals surface area contributed by atoms with Crippen LogP contribution in [0.1, 0.15) is 39.0 Å². The molecule has 4 nitrogen and oxygen atoms in total. The number of ether oxygens (including phenoxy) is 1. The van der Waals surface area contributed by atoms with Gasteiger partial charge in [0, 0.05) is 40.9 Å². The first-order chi connectivity index (χ1) is 8.63. The second-order valence-electron chi connectivity index (χ2n) is 5.51. The zero-order valence-electron chi connectivity index (χ0n) is 12.5. The third-order valence-corrected chi connectivity index (χ3v) is 3.82. The van der Waals surface area contributed by atoms with Gasteiger partial charge in [-0.15, -0.1) is 0 Å². The summed E-state index contributed by atoms with van der Waals surface area (Å²) in [6.07, 6.45) is 6.43. The van der Waals surface area contributed by atoms with Gasteiger partial charge >= 0.3 is 0 Å². The first kappa shape index (κ1) is 15.3. The van der Waals surface area contributed by atoms with E-state index in [4.69, 9.17) is 9.73 Å². The van der Waals surface area contributed by atoms with E-state index in [-0.39, 0.29) is 0 Å². The molecule has 1 aliphatic rings. The van der Waals surface area contributed by atoms with E-state index in [2.05, 4.69) is 17.1 Å². The van der Waals surface area contributed by atoms with Gasteiger partial charge in [-0.3, -0.25) is 4.99 Å². The first-order valence-corrected chi connectivity index (χ1v) is 7.08. The lowest BCUT2D eigenvalue weighted by atomic mass is 9.83. The Labute approximate surface area is 112 Å². The zero-order chi connectivity index (χ0) is 13.4. The molecule has 18 heavy (non-hydrogen) atoms. The lowest BCUT2D eigenvalue weighted by molar-refractivity contribution is 0.141. The van der Waals surface area contributed by atoms with Crippen molar-refractivity contribution in [3.8, 4) is 0 Å². The Morgan fingerprint density at radius 1 is 1.33 bits per heavy atom. The molecule has 0 aliphatic heterocycles. The number of methoxy groups -OCH3 is 1. The second kappa shape index (κ2) is 7.62. The molecule has 1 fully saturated rings. The van der Waals surface area contributed by atoms with Crippen molar-refractivity contribution in [2.24, 2.45) is 10.4 Å². The number of rotatable bonds is 6. The van der Waals surface area contributed by atoms with Gasteiger partial charge in [0.2, 0.25) is 0 Å². The minimum atomic E-state index is 0.382. The summed E-state index contributed by atoms with van der Waals surface area (Å²) in [5.41, 5.74) is 0.382. The van der Waals surface area contributed by atoms with E-state index in [9.17, 15) is 0 Å². The summed E-state index contributed by atoms with van der Waals surface area (Å²) >= 11 is 0. The molecule has 0 heterocycles. The molecule has 0 radical (unpaired) electrons. The van der Waals surface area contributed by atoms with E-state index >= 15 is 0 Å². The quantitative estimate of drug-likeness (QED) is 0.583. The van der Waals surface area contributed by atoms with Crippen molar-refractivity contribution in [2.75, 3.05) is 40.9 Å². The molecule has 1 N–H and O–H groups in total. The van der Waals surface area contributed by atoms with Gasteiger partial charge in [0.1, 0.15) is 0 Å². The fourth-order valence-corrected chi connectivity index (χ4v) is 2.69. The highest BCUT2D eigenvalue weighted by Crippen LogP contribution is 2.41. The second-order valence-corrected chi connectivity index (χ2v) is 5.51.